The Morgan fingerprint density at radius 1 is 1.50 bits per heavy atom. The van der Waals surface area contributed by atoms with Gasteiger partial charge >= 0.3 is 6.03 Å². The summed E-state index contributed by atoms with van der Waals surface area (Å²) < 4.78 is 0. The number of nitrogens with zero attached hydrogens (tertiary/aromatic N) is 3. The molecule has 1 fully saturated rings. The minimum atomic E-state index is 0.159. The van der Waals surface area contributed by atoms with Gasteiger partial charge in [0.2, 0.25) is 0 Å². The highest BCUT2D eigenvalue weighted by Gasteiger charge is 2.35. The number of carbonyl (C=O) groups is 1. The Morgan fingerprint density at radius 2 is 2.07 bits per heavy atom. The molecular weight excluding hydrogens is 178 g/mol. The van der Waals surface area contributed by atoms with Gasteiger partial charge in [-0.05, 0) is 27.9 Å². The van der Waals surface area contributed by atoms with Crippen LogP contribution in [0.4, 0.5) is 4.79 Å². The van der Waals surface area contributed by atoms with E-state index in [1.807, 2.05) is 30.9 Å². The SMILES string of the molecule is CC(C)N1CC(CN(C)C)N(C)C1=O. The summed E-state index contributed by atoms with van der Waals surface area (Å²) in [5, 5.41) is 0. The number of rotatable bonds is 3. The van der Waals surface area contributed by atoms with Gasteiger partial charge in [0.25, 0.3) is 0 Å². The quantitative estimate of drug-likeness (QED) is 0.668. The van der Waals surface area contributed by atoms with Crippen LogP contribution < -0.4 is 0 Å². The van der Waals surface area contributed by atoms with E-state index in [4.69, 9.17) is 0 Å². The molecule has 1 saturated heterocycles. The average Bonchev–Trinajstić information content (AvgIpc) is 2.32. The van der Waals surface area contributed by atoms with Gasteiger partial charge in [-0.25, -0.2) is 4.79 Å². The lowest BCUT2D eigenvalue weighted by Crippen LogP contribution is -2.37. The molecule has 1 aliphatic rings. The van der Waals surface area contributed by atoms with Gasteiger partial charge in [0.15, 0.2) is 0 Å². The molecule has 4 nitrogen and oxygen atoms in total. The van der Waals surface area contributed by atoms with Crippen LogP contribution in [0.1, 0.15) is 13.8 Å². The summed E-state index contributed by atoms with van der Waals surface area (Å²) in [7, 11) is 5.96. The van der Waals surface area contributed by atoms with Crippen LogP contribution in [0.15, 0.2) is 0 Å². The smallest absolute Gasteiger partial charge is 0.320 e. The van der Waals surface area contributed by atoms with Gasteiger partial charge < -0.3 is 14.7 Å². The molecule has 0 aliphatic carbocycles. The van der Waals surface area contributed by atoms with E-state index in [1.54, 1.807) is 0 Å². The standard InChI is InChI=1S/C10H21N3O/c1-8(2)13-7-9(6-11(3)4)12(5)10(13)14/h8-9H,6-7H2,1-5H3. The van der Waals surface area contributed by atoms with E-state index in [-0.39, 0.29) is 6.03 Å². The summed E-state index contributed by atoms with van der Waals surface area (Å²) in [6.45, 7) is 5.91. The lowest BCUT2D eigenvalue weighted by Gasteiger charge is -2.21. The van der Waals surface area contributed by atoms with Crippen LogP contribution >= 0.6 is 0 Å². The van der Waals surface area contributed by atoms with Gasteiger partial charge in [-0.1, -0.05) is 0 Å². The molecule has 82 valence electrons. The van der Waals surface area contributed by atoms with Crippen molar-refractivity contribution in [3.8, 4) is 0 Å². The predicted molar refractivity (Wildman–Crippen MR) is 57.3 cm³/mol. The zero-order valence-corrected chi connectivity index (χ0v) is 9.82. The molecule has 0 aromatic heterocycles. The molecule has 0 aromatic rings. The fourth-order valence-corrected chi connectivity index (χ4v) is 1.82. The van der Waals surface area contributed by atoms with E-state index in [0.29, 0.717) is 12.1 Å². The predicted octanol–water partition coefficient (Wildman–Crippen LogP) is 0.692. The van der Waals surface area contributed by atoms with Crippen molar-refractivity contribution in [3.05, 3.63) is 0 Å². The summed E-state index contributed by atoms with van der Waals surface area (Å²) in [6, 6.07) is 0.795. The van der Waals surface area contributed by atoms with Crippen molar-refractivity contribution in [1.82, 2.24) is 14.7 Å². The van der Waals surface area contributed by atoms with E-state index in [9.17, 15) is 4.79 Å². The minimum Gasteiger partial charge on any atom is -0.322 e. The van der Waals surface area contributed by atoms with Crippen LogP contribution in [0.3, 0.4) is 0 Å². The third-order valence-electron chi connectivity index (χ3n) is 2.70. The van der Waals surface area contributed by atoms with Gasteiger partial charge in [0.1, 0.15) is 0 Å². The first kappa shape index (κ1) is 11.3. The summed E-state index contributed by atoms with van der Waals surface area (Å²) >= 11 is 0. The van der Waals surface area contributed by atoms with Gasteiger partial charge in [-0.3, -0.25) is 0 Å². The van der Waals surface area contributed by atoms with E-state index in [0.717, 1.165) is 13.1 Å². The Bertz CT molecular complexity index is 215. The monoisotopic (exact) mass is 199 g/mol. The second-order valence-electron chi connectivity index (χ2n) is 4.56. The molecule has 1 unspecified atom stereocenters. The maximum atomic E-state index is 11.8. The Kier molecular flexibility index (Phi) is 3.37. The molecule has 1 rings (SSSR count). The van der Waals surface area contributed by atoms with E-state index in [1.165, 1.54) is 0 Å². The van der Waals surface area contributed by atoms with Gasteiger partial charge in [-0.15, -0.1) is 0 Å². The molecule has 0 N–H and O–H groups in total. The molecule has 0 saturated carbocycles. The van der Waals surface area contributed by atoms with Crippen LogP contribution in [0.2, 0.25) is 0 Å². The first-order valence-corrected chi connectivity index (χ1v) is 5.11. The van der Waals surface area contributed by atoms with Crippen molar-refractivity contribution in [2.75, 3.05) is 34.2 Å². The first-order chi connectivity index (χ1) is 6.43. The number of hydrogen-bond acceptors (Lipinski definition) is 2. The Balaban J connectivity index is 2.62. The summed E-state index contributed by atoms with van der Waals surface area (Å²) in [6.07, 6.45) is 0. The van der Waals surface area contributed by atoms with Crippen LogP contribution in [-0.4, -0.2) is 67.0 Å². The average molecular weight is 199 g/mol. The zero-order valence-electron chi connectivity index (χ0n) is 9.82. The second kappa shape index (κ2) is 4.17. The number of likely N-dealkylation sites (N-methyl/N-ethyl adjacent to an activating group) is 2. The van der Waals surface area contributed by atoms with Gasteiger partial charge in [0.05, 0.1) is 6.04 Å². The second-order valence-corrected chi connectivity index (χ2v) is 4.56. The molecule has 1 heterocycles. The van der Waals surface area contributed by atoms with Crippen LogP contribution in [0.5, 0.6) is 0 Å². The molecular formula is C10H21N3O. The van der Waals surface area contributed by atoms with Crippen LogP contribution in [-0.2, 0) is 0 Å². The molecule has 2 amide bonds. The zero-order chi connectivity index (χ0) is 10.9. The van der Waals surface area contributed by atoms with E-state index < -0.39 is 0 Å². The normalized spacial score (nSPS) is 23.1. The molecule has 0 aromatic carbocycles. The lowest BCUT2D eigenvalue weighted by atomic mass is 10.2. The minimum absolute atomic E-state index is 0.159. The number of carbonyl (C=O) groups excluding carboxylic acids is 1. The van der Waals surface area contributed by atoms with Gasteiger partial charge in [0, 0.05) is 26.2 Å². The Labute approximate surface area is 86.5 Å². The largest absolute Gasteiger partial charge is 0.322 e. The third-order valence-corrected chi connectivity index (χ3v) is 2.70. The first-order valence-electron chi connectivity index (χ1n) is 5.11. The van der Waals surface area contributed by atoms with E-state index >= 15 is 0 Å². The van der Waals surface area contributed by atoms with Gasteiger partial charge in [-0.2, -0.15) is 0 Å². The third kappa shape index (κ3) is 2.18. The molecule has 0 radical (unpaired) electrons. The number of hydrogen-bond donors (Lipinski definition) is 0. The van der Waals surface area contributed by atoms with Crippen LogP contribution in [0.25, 0.3) is 0 Å². The highest BCUT2D eigenvalue weighted by molar-refractivity contribution is 5.77. The van der Waals surface area contributed by atoms with Crippen molar-refractivity contribution in [3.63, 3.8) is 0 Å². The summed E-state index contributed by atoms with van der Waals surface area (Å²) in [5.41, 5.74) is 0. The highest BCUT2D eigenvalue weighted by Crippen LogP contribution is 2.16. The summed E-state index contributed by atoms with van der Waals surface area (Å²) in [5.74, 6) is 0. The molecule has 4 heteroatoms. The highest BCUT2D eigenvalue weighted by atomic mass is 16.2. The van der Waals surface area contributed by atoms with Crippen molar-refractivity contribution in [2.45, 2.75) is 25.9 Å². The fourth-order valence-electron chi connectivity index (χ4n) is 1.82. The molecule has 0 spiro atoms. The van der Waals surface area contributed by atoms with E-state index in [2.05, 4.69) is 18.7 Å². The molecule has 0 bridgehead atoms. The molecule has 14 heavy (non-hydrogen) atoms. The maximum Gasteiger partial charge on any atom is 0.320 e. The van der Waals surface area contributed by atoms with Crippen molar-refractivity contribution in [2.24, 2.45) is 0 Å². The molecule has 1 aliphatic heterocycles. The van der Waals surface area contributed by atoms with Crippen LogP contribution in [0, 0.1) is 0 Å². The number of amides is 2. The molecule has 1 atom stereocenters. The number of urea groups is 1. The maximum absolute atomic E-state index is 11.8. The van der Waals surface area contributed by atoms with Crippen molar-refractivity contribution >= 4 is 6.03 Å². The van der Waals surface area contributed by atoms with Crippen molar-refractivity contribution < 1.29 is 4.79 Å². The lowest BCUT2D eigenvalue weighted by molar-refractivity contribution is 0.185. The summed E-state index contributed by atoms with van der Waals surface area (Å²) in [4.78, 5) is 17.7. The fraction of sp³-hybridized carbons (Fsp3) is 0.900. The Morgan fingerprint density at radius 3 is 2.43 bits per heavy atom. The Hall–Kier alpha value is -0.770. The van der Waals surface area contributed by atoms with Crippen molar-refractivity contribution in [1.29, 1.82) is 0 Å². The topological polar surface area (TPSA) is 26.8 Å².